The van der Waals surface area contributed by atoms with Gasteiger partial charge in [-0.3, -0.25) is 9.48 Å². The summed E-state index contributed by atoms with van der Waals surface area (Å²) in [6.07, 6.45) is 2.37. The molecule has 110 valence electrons. The Morgan fingerprint density at radius 1 is 1.43 bits per heavy atom. The van der Waals surface area contributed by atoms with Crippen molar-refractivity contribution >= 4 is 17.3 Å². The molecule has 1 aromatic carbocycles. The summed E-state index contributed by atoms with van der Waals surface area (Å²) in [6, 6.07) is 3.31. The van der Waals surface area contributed by atoms with Gasteiger partial charge in [0.25, 0.3) is 5.91 Å². The SMILES string of the molecule is CCc1nn(C)cc1C(=O)Nc1cc2c(cc1N)OCO2. The molecule has 0 saturated carbocycles. The fourth-order valence-corrected chi connectivity index (χ4v) is 2.24. The third-order valence-corrected chi connectivity index (χ3v) is 3.28. The first kappa shape index (κ1) is 13.3. The smallest absolute Gasteiger partial charge is 0.259 e. The van der Waals surface area contributed by atoms with Crippen LogP contribution < -0.4 is 20.5 Å². The molecular weight excluding hydrogens is 272 g/mol. The second-order valence-electron chi connectivity index (χ2n) is 4.76. The summed E-state index contributed by atoms with van der Waals surface area (Å²) in [5.41, 5.74) is 8.13. The number of hydrogen-bond donors (Lipinski definition) is 2. The van der Waals surface area contributed by atoms with E-state index in [1.54, 1.807) is 30.1 Å². The van der Waals surface area contributed by atoms with E-state index in [1.807, 2.05) is 6.92 Å². The van der Waals surface area contributed by atoms with Gasteiger partial charge >= 0.3 is 0 Å². The highest BCUT2D eigenvalue weighted by atomic mass is 16.7. The van der Waals surface area contributed by atoms with Crippen LogP contribution in [0.25, 0.3) is 0 Å². The van der Waals surface area contributed by atoms with Crippen LogP contribution in [0.4, 0.5) is 11.4 Å². The van der Waals surface area contributed by atoms with Gasteiger partial charge in [0.15, 0.2) is 11.5 Å². The molecule has 0 aliphatic carbocycles. The van der Waals surface area contributed by atoms with E-state index in [4.69, 9.17) is 15.2 Å². The number of rotatable bonds is 3. The molecule has 1 aromatic heterocycles. The maximum absolute atomic E-state index is 12.4. The number of carbonyl (C=O) groups excluding carboxylic acids is 1. The van der Waals surface area contributed by atoms with Gasteiger partial charge in [-0.25, -0.2) is 0 Å². The fourth-order valence-electron chi connectivity index (χ4n) is 2.24. The van der Waals surface area contributed by atoms with E-state index in [9.17, 15) is 4.79 Å². The maximum Gasteiger partial charge on any atom is 0.259 e. The van der Waals surface area contributed by atoms with E-state index in [1.165, 1.54) is 0 Å². The molecule has 0 fully saturated rings. The van der Waals surface area contributed by atoms with Gasteiger partial charge in [0.05, 0.1) is 22.6 Å². The first-order valence-corrected chi connectivity index (χ1v) is 6.61. The maximum atomic E-state index is 12.4. The number of anilines is 2. The molecule has 3 rings (SSSR count). The topological polar surface area (TPSA) is 91.4 Å². The van der Waals surface area contributed by atoms with Crippen molar-refractivity contribution < 1.29 is 14.3 Å². The second-order valence-corrected chi connectivity index (χ2v) is 4.76. The number of benzene rings is 1. The Morgan fingerprint density at radius 3 is 2.86 bits per heavy atom. The van der Waals surface area contributed by atoms with E-state index in [0.717, 1.165) is 5.69 Å². The van der Waals surface area contributed by atoms with Crippen LogP contribution >= 0.6 is 0 Å². The third-order valence-electron chi connectivity index (χ3n) is 3.28. The lowest BCUT2D eigenvalue weighted by Crippen LogP contribution is -2.14. The van der Waals surface area contributed by atoms with Gasteiger partial charge in [0.2, 0.25) is 6.79 Å². The molecular formula is C14H16N4O3. The van der Waals surface area contributed by atoms with Crippen molar-refractivity contribution in [3.05, 3.63) is 29.6 Å². The highest BCUT2D eigenvalue weighted by Crippen LogP contribution is 2.38. The van der Waals surface area contributed by atoms with Crippen LogP contribution in [0.1, 0.15) is 23.0 Å². The number of carbonyl (C=O) groups is 1. The van der Waals surface area contributed by atoms with Gasteiger partial charge in [-0.15, -0.1) is 0 Å². The molecule has 0 atom stereocenters. The second kappa shape index (κ2) is 5.01. The molecule has 0 radical (unpaired) electrons. The lowest BCUT2D eigenvalue weighted by Gasteiger charge is -2.09. The van der Waals surface area contributed by atoms with E-state index in [0.29, 0.717) is 34.9 Å². The van der Waals surface area contributed by atoms with Crippen molar-refractivity contribution in [3.63, 3.8) is 0 Å². The summed E-state index contributed by atoms with van der Waals surface area (Å²) in [6.45, 7) is 2.11. The zero-order chi connectivity index (χ0) is 15.0. The normalized spacial score (nSPS) is 12.5. The molecule has 1 aliphatic rings. The average Bonchev–Trinajstić information content (AvgIpc) is 3.04. The van der Waals surface area contributed by atoms with Crippen LogP contribution in [0.3, 0.4) is 0 Å². The number of aryl methyl sites for hydroxylation is 2. The Hall–Kier alpha value is -2.70. The lowest BCUT2D eigenvalue weighted by atomic mass is 10.2. The summed E-state index contributed by atoms with van der Waals surface area (Å²) in [5, 5.41) is 7.04. The number of nitrogens with zero attached hydrogens (tertiary/aromatic N) is 2. The average molecular weight is 288 g/mol. The standard InChI is InChI=1S/C14H16N4O3/c1-3-10-8(6-18(2)17-10)14(19)16-11-5-13-12(4-9(11)15)20-7-21-13/h4-6H,3,7,15H2,1-2H3,(H,16,19). The molecule has 0 unspecified atom stereocenters. The zero-order valence-corrected chi connectivity index (χ0v) is 11.8. The number of nitrogen functional groups attached to an aromatic ring is 1. The Bertz CT molecular complexity index is 708. The Morgan fingerprint density at radius 2 is 2.14 bits per heavy atom. The van der Waals surface area contributed by atoms with Crippen LogP contribution in [0.5, 0.6) is 11.5 Å². The minimum atomic E-state index is -0.245. The first-order valence-electron chi connectivity index (χ1n) is 6.61. The van der Waals surface area contributed by atoms with Crippen LogP contribution in [-0.4, -0.2) is 22.5 Å². The summed E-state index contributed by atoms with van der Waals surface area (Å²) in [5.74, 6) is 0.910. The molecule has 2 aromatic rings. The summed E-state index contributed by atoms with van der Waals surface area (Å²) >= 11 is 0. The van der Waals surface area contributed by atoms with E-state index < -0.39 is 0 Å². The van der Waals surface area contributed by atoms with Crippen LogP contribution in [0, 0.1) is 0 Å². The van der Waals surface area contributed by atoms with E-state index in [-0.39, 0.29) is 12.7 Å². The van der Waals surface area contributed by atoms with Crippen LogP contribution in [0.2, 0.25) is 0 Å². The van der Waals surface area contributed by atoms with Gasteiger partial charge in [0, 0.05) is 25.4 Å². The number of nitrogens with two attached hydrogens (primary N) is 1. The van der Waals surface area contributed by atoms with E-state index in [2.05, 4.69) is 10.4 Å². The van der Waals surface area contributed by atoms with Crippen molar-refractivity contribution in [2.45, 2.75) is 13.3 Å². The third kappa shape index (κ3) is 2.37. The number of fused-ring (bicyclic) bond motifs is 1. The number of amides is 1. The largest absolute Gasteiger partial charge is 0.454 e. The monoisotopic (exact) mass is 288 g/mol. The van der Waals surface area contributed by atoms with Crippen LogP contribution in [0.15, 0.2) is 18.3 Å². The van der Waals surface area contributed by atoms with Crippen LogP contribution in [-0.2, 0) is 13.5 Å². The number of aromatic nitrogens is 2. The molecule has 0 spiro atoms. The van der Waals surface area contributed by atoms with Crippen molar-refractivity contribution in [1.82, 2.24) is 9.78 Å². The molecule has 21 heavy (non-hydrogen) atoms. The van der Waals surface area contributed by atoms with Gasteiger partial charge in [-0.2, -0.15) is 5.10 Å². The molecule has 3 N–H and O–H groups in total. The summed E-state index contributed by atoms with van der Waals surface area (Å²) in [4.78, 5) is 12.4. The Balaban J connectivity index is 1.88. The molecule has 1 aliphatic heterocycles. The lowest BCUT2D eigenvalue weighted by molar-refractivity contribution is 0.102. The highest BCUT2D eigenvalue weighted by molar-refractivity contribution is 6.06. The first-order chi connectivity index (χ1) is 10.1. The van der Waals surface area contributed by atoms with Crippen molar-refractivity contribution in [1.29, 1.82) is 0 Å². The molecule has 2 heterocycles. The predicted octanol–water partition coefficient (Wildman–Crippen LogP) is 1.55. The predicted molar refractivity (Wildman–Crippen MR) is 77.5 cm³/mol. The highest BCUT2D eigenvalue weighted by Gasteiger charge is 2.19. The van der Waals surface area contributed by atoms with Gasteiger partial charge in [-0.05, 0) is 6.42 Å². The van der Waals surface area contributed by atoms with Crippen molar-refractivity contribution in [3.8, 4) is 11.5 Å². The zero-order valence-electron chi connectivity index (χ0n) is 11.8. The molecule has 1 amide bonds. The van der Waals surface area contributed by atoms with Gasteiger partial charge < -0.3 is 20.5 Å². The molecule has 0 bridgehead atoms. The van der Waals surface area contributed by atoms with Gasteiger partial charge in [0.1, 0.15) is 0 Å². The Kier molecular flexibility index (Phi) is 3.17. The van der Waals surface area contributed by atoms with Crippen molar-refractivity contribution in [2.24, 2.45) is 7.05 Å². The molecule has 7 heteroatoms. The van der Waals surface area contributed by atoms with Gasteiger partial charge in [-0.1, -0.05) is 6.92 Å². The summed E-state index contributed by atoms with van der Waals surface area (Å²) in [7, 11) is 1.78. The number of hydrogen-bond acceptors (Lipinski definition) is 5. The van der Waals surface area contributed by atoms with Crippen molar-refractivity contribution in [2.75, 3.05) is 17.8 Å². The fraction of sp³-hybridized carbons (Fsp3) is 0.286. The van der Waals surface area contributed by atoms with E-state index >= 15 is 0 Å². The summed E-state index contributed by atoms with van der Waals surface area (Å²) < 4.78 is 12.1. The minimum absolute atomic E-state index is 0.161. The Labute approximate surface area is 121 Å². The molecule has 7 nitrogen and oxygen atoms in total. The molecule has 0 saturated heterocycles. The quantitative estimate of drug-likeness (QED) is 0.836. The minimum Gasteiger partial charge on any atom is -0.454 e. The number of ether oxygens (including phenoxy) is 2. The number of nitrogens with one attached hydrogen (secondary N) is 1.